The number of aromatic nitrogens is 2. The van der Waals surface area contributed by atoms with Crippen molar-refractivity contribution in [2.75, 3.05) is 14.2 Å². The minimum atomic E-state index is -0.234. The second-order valence-corrected chi connectivity index (χ2v) is 4.54. The first-order valence-electron chi connectivity index (χ1n) is 6.35. The van der Waals surface area contributed by atoms with E-state index in [1.165, 1.54) is 11.1 Å². The number of benzene rings is 1. The summed E-state index contributed by atoms with van der Waals surface area (Å²) in [5, 5.41) is 4.54. The maximum Gasteiger partial charge on any atom is 0.162 e. The molecule has 0 aliphatic rings. The highest BCUT2D eigenvalue weighted by molar-refractivity contribution is 5.25. The molecule has 0 N–H and O–H groups in total. The molecular weight excluding hydrogens is 240 g/mol. The molecular formula is C15H20N2O2. The van der Waals surface area contributed by atoms with Gasteiger partial charge in [0.1, 0.15) is 0 Å². The van der Waals surface area contributed by atoms with Gasteiger partial charge in [-0.2, -0.15) is 5.10 Å². The molecule has 19 heavy (non-hydrogen) atoms. The zero-order chi connectivity index (χ0) is 13.7. The van der Waals surface area contributed by atoms with Gasteiger partial charge in [0, 0.05) is 26.8 Å². The minimum Gasteiger partial charge on any atom is -0.356 e. The topological polar surface area (TPSA) is 36.3 Å². The SMILES string of the molecule is COC(Cc1ccn(Cc2ccccc2C)n1)OC. The number of methoxy groups -OCH3 is 2. The summed E-state index contributed by atoms with van der Waals surface area (Å²) in [5.74, 6) is 0. The quantitative estimate of drug-likeness (QED) is 0.748. The van der Waals surface area contributed by atoms with Crippen molar-refractivity contribution < 1.29 is 9.47 Å². The Labute approximate surface area is 114 Å². The molecule has 1 heterocycles. The normalized spacial score (nSPS) is 11.2. The molecule has 0 aliphatic heterocycles. The first-order chi connectivity index (χ1) is 9.22. The van der Waals surface area contributed by atoms with Crippen LogP contribution >= 0.6 is 0 Å². The molecule has 0 saturated carbocycles. The minimum absolute atomic E-state index is 0.234. The summed E-state index contributed by atoms with van der Waals surface area (Å²) in [7, 11) is 3.27. The third-order valence-corrected chi connectivity index (χ3v) is 3.19. The Balaban J connectivity index is 2.03. The second kappa shape index (κ2) is 6.50. The molecule has 0 atom stereocenters. The number of rotatable bonds is 6. The molecule has 4 heteroatoms. The van der Waals surface area contributed by atoms with E-state index < -0.39 is 0 Å². The third kappa shape index (κ3) is 3.66. The fourth-order valence-corrected chi connectivity index (χ4v) is 2.00. The van der Waals surface area contributed by atoms with Crippen LogP contribution in [0.15, 0.2) is 36.5 Å². The molecule has 2 aromatic rings. The molecule has 1 aromatic carbocycles. The van der Waals surface area contributed by atoms with Crippen LogP contribution in [0.5, 0.6) is 0 Å². The molecule has 1 aromatic heterocycles. The zero-order valence-corrected chi connectivity index (χ0v) is 11.7. The number of hydrogen-bond donors (Lipinski definition) is 0. The molecule has 2 rings (SSSR count). The fourth-order valence-electron chi connectivity index (χ4n) is 2.00. The molecule has 0 fully saturated rings. The van der Waals surface area contributed by atoms with Gasteiger partial charge in [-0.15, -0.1) is 0 Å². The summed E-state index contributed by atoms with van der Waals surface area (Å²) < 4.78 is 12.3. The van der Waals surface area contributed by atoms with E-state index in [-0.39, 0.29) is 6.29 Å². The number of aryl methyl sites for hydroxylation is 1. The van der Waals surface area contributed by atoms with Gasteiger partial charge in [-0.25, -0.2) is 0 Å². The summed E-state index contributed by atoms with van der Waals surface area (Å²) >= 11 is 0. The Hall–Kier alpha value is -1.65. The monoisotopic (exact) mass is 260 g/mol. The lowest BCUT2D eigenvalue weighted by Gasteiger charge is -2.11. The van der Waals surface area contributed by atoms with Gasteiger partial charge in [-0.1, -0.05) is 24.3 Å². The van der Waals surface area contributed by atoms with Crippen LogP contribution < -0.4 is 0 Å². The second-order valence-electron chi connectivity index (χ2n) is 4.54. The maximum atomic E-state index is 5.18. The Bertz CT molecular complexity index is 518. The molecule has 0 bridgehead atoms. The molecule has 4 nitrogen and oxygen atoms in total. The molecule has 0 spiro atoms. The molecule has 102 valence electrons. The summed E-state index contributed by atoms with van der Waals surface area (Å²) in [6, 6.07) is 10.4. The summed E-state index contributed by atoms with van der Waals surface area (Å²) in [5.41, 5.74) is 3.54. The summed E-state index contributed by atoms with van der Waals surface area (Å²) in [6.45, 7) is 2.91. The average Bonchev–Trinajstić information content (AvgIpc) is 2.86. The van der Waals surface area contributed by atoms with Gasteiger partial charge in [-0.3, -0.25) is 4.68 Å². The molecule has 0 unspecified atom stereocenters. The molecule has 0 radical (unpaired) electrons. The lowest BCUT2D eigenvalue weighted by molar-refractivity contribution is -0.101. The first-order valence-corrected chi connectivity index (χ1v) is 6.35. The number of nitrogens with zero attached hydrogens (tertiary/aromatic N) is 2. The van der Waals surface area contributed by atoms with Crippen LogP contribution in [0.4, 0.5) is 0 Å². The number of hydrogen-bond acceptors (Lipinski definition) is 3. The van der Waals surface area contributed by atoms with Crippen LogP contribution in [0.25, 0.3) is 0 Å². The third-order valence-electron chi connectivity index (χ3n) is 3.19. The van der Waals surface area contributed by atoms with Crippen molar-refractivity contribution in [1.82, 2.24) is 9.78 Å². The van der Waals surface area contributed by atoms with E-state index >= 15 is 0 Å². The Morgan fingerprint density at radius 2 is 1.89 bits per heavy atom. The number of ether oxygens (including phenoxy) is 2. The van der Waals surface area contributed by atoms with E-state index in [1.54, 1.807) is 14.2 Å². The molecule has 0 saturated heterocycles. The largest absolute Gasteiger partial charge is 0.356 e. The molecule has 0 amide bonds. The predicted molar refractivity (Wildman–Crippen MR) is 74.0 cm³/mol. The first kappa shape index (κ1) is 13.8. The fraction of sp³-hybridized carbons (Fsp3) is 0.400. The van der Waals surface area contributed by atoms with Crippen molar-refractivity contribution in [3.63, 3.8) is 0 Å². The summed E-state index contributed by atoms with van der Waals surface area (Å²) in [6.07, 6.45) is 2.42. The van der Waals surface area contributed by atoms with Gasteiger partial charge >= 0.3 is 0 Å². The van der Waals surface area contributed by atoms with E-state index in [0.29, 0.717) is 6.42 Å². The van der Waals surface area contributed by atoms with E-state index in [9.17, 15) is 0 Å². The van der Waals surface area contributed by atoms with E-state index in [0.717, 1.165) is 12.2 Å². The summed E-state index contributed by atoms with van der Waals surface area (Å²) in [4.78, 5) is 0. The Kier molecular flexibility index (Phi) is 4.71. The highest BCUT2D eigenvalue weighted by Gasteiger charge is 2.09. The van der Waals surface area contributed by atoms with Crippen LogP contribution in [0.1, 0.15) is 16.8 Å². The maximum absolute atomic E-state index is 5.18. The van der Waals surface area contributed by atoms with Crippen LogP contribution in [-0.2, 0) is 22.4 Å². The standard InChI is InChI=1S/C15H20N2O2/c1-12-6-4-5-7-13(12)11-17-9-8-14(16-17)10-15(18-2)19-3/h4-9,15H,10-11H2,1-3H3. The van der Waals surface area contributed by atoms with Crippen molar-refractivity contribution in [2.24, 2.45) is 0 Å². The van der Waals surface area contributed by atoms with Crippen LogP contribution in [0, 0.1) is 6.92 Å². The zero-order valence-electron chi connectivity index (χ0n) is 11.7. The van der Waals surface area contributed by atoms with Crippen LogP contribution in [0.2, 0.25) is 0 Å². The van der Waals surface area contributed by atoms with Gasteiger partial charge in [0.25, 0.3) is 0 Å². The van der Waals surface area contributed by atoms with Crippen molar-refractivity contribution in [3.05, 3.63) is 53.3 Å². The van der Waals surface area contributed by atoms with Crippen molar-refractivity contribution in [3.8, 4) is 0 Å². The van der Waals surface area contributed by atoms with E-state index in [1.807, 2.05) is 16.9 Å². The highest BCUT2D eigenvalue weighted by Crippen LogP contribution is 2.10. The lowest BCUT2D eigenvalue weighted by atomic mass is 10.1. The van der Waals surface area contributed by atoms with Gasteiger partial charge in [0.05, 0.1) is 12.2 Å². The predicted octanol–water partition coefficient (Wildman–Crippen LogP) is 2.40. The van der Waals surface area contributed by atoms with Crippen LogP contribution in [0.3, 0.4) is 0 Å². The van der Waals surface area contributed by atoms with Crippen molar-refractivity contribution in [2.45, 2.75) is 26.2 Å². The lowest BCUT2D eigenvalue weighted by Crippen LogP contribution is -2.16. The van der Waals surface area contributed by atoms with Gasteiger partial charge in [-0.05, 0) is 24.1 Å². The van der Waals surface area contributed by atoms with Crippen LogP contribution in [-0.4, -0.2) is 30.3 Å². The van der Waals surface area contributed by atoms with Gasteiger partial charge in [0.2, 0.25) is 0 Å². The highest BCUT2D eigenvalue weighted by atomic mass is 16.7. The smallest absolute Gasteiger partial charge is 0.162 e. The van der Waals surface area contributed by atoms with E-state index in [2.05, 4.69) is 36.3 Å². The Morgan fingerprint density at radius 3 is 2.58 bits per heavy atom. The Morgan fingerprint density at radius 1 is 1.16 bits per heavy atom. The van der Waals surface area contributed by atoms with Crippen molar-refractivity contribution in [1.29, 1.82) is 0 Å². The molecule has 0 aliphatic carbocycles. The van der Waals surface area contributed by atoms with E-state index in [4.69, 9.17) is 9.47 Å². The van der Waals surface area contributed by atoms with Crippen molar-refractivity contribution >= 4 is 0 Å². The van der Waals surface area contributed by atoms with Gasteiger partial charge < -0.3 is 9.47 Å². The average molecular weight is 260 g/mol. The van der Waals surface area contributed by atoms with Gasteiger partial charge in [0.15, 0.2) is 6.29 Å².